The Kier molecular flexibility index (Phi) is 4.42. The molecule has 1 saturated heterocycles. The van der Waals surface area contributed by atoms with E-state index in [4.69, 9.17) is 0 Å². The quantitative estimate of drug-likeness (QED) is 0.852. The SMILES string of the molecule is CCCN1CCC(CNC)C1c1ccccc1C1CC1. The number of nitrogens with zero attached hydrogens (tertiary/aromatic N) is 1. The zero-order chi connectivity index (χ0) is 13.9. The van der Waals surface area contributed by atoms with Gasteiger partial charge in [-0.3, -0.25) is 4.90 Å². The van der Waals surface area contributed by atoms with Gasteiger partial charge >= 0.3 is 0 Å². The molecule has 1 aliphatic heterocycles. The van der Waals surface area contributed by atoms with Crippen molar-refractivity contribution in [1.29, 1.82) is 0 Å². The third-order valence-corrected chi connectivity index (χ3v) is 4.94. The Hall–Kier alpha value is -0.860. The fraction of sp³-hybridized carbons (Fsp3) is 0.667. The molecule has 110 valence electrons. The average molecular weight is 272 g/mol. The van der Waals surface area contributed by atoms with Crippen molar-refractivity contribution in [2.24, 2.45) is 5.92 Å². The first kappa shape index (κ1) is 14.1. The van der Waals surface area contributed by atoms with E-state index in [1.807, 2.05) is 0 Å². The summed E-state index contributed by atoms with van der Waals surface area (Å²) in [5.74, 6) is 1.62. The van der Waals surface area contributed by atoms with Gasteiger partial charge in [-0.1, -0.05) is 31.2 Å². The summed E-state index contributed by atoms with van der Waals surface area (Å²) in [5.41, 5.74) is 3.27. The van der Waals surface area contributed by atoms with Crippen LogP contribution in [0.3, 0.4) is 0 Å². The van der Waals surface area contributed by atoms with Crippen molar-refractivity contribution in [3.05, 3.63) is 35.4 Å². The van der Waals surface area contributed by atoms with Crippen LogP contribution >= 0.6 is 0 Å². The van der Waals surface area contributed by atoms with Crippen LogP contribution in [-0.2, 0) is 0 Å². The predicted molar refractivity (Wildman–Crippen MR) is 85.1 cm³/mol. The van der Waals surface area contributed by atoms with E-state index in [1.54, 1.807) is 11.1 Å². The summed E-state index contributed by atoms with van der Waals surface area (Å²) in [6, 6.07) is 9.88. The summed E-state index contributed by atoms with van der Waals surface area (Å²) < 4.78 is 0. The Balaban J connectivity index is 1.90. The molecule has 2 fully saturated rings. The van der Waals surface area contributed by atoms with Gasteiger partial charge in [0.15, 0.2) is 0 Å². The Morgan fingerprint density at radius 1 is 1.15 bits per heavy atom. The largest absolute Gasteiger partial charge is 0.319 e. The molecule has 0 bridgehead atoms. The summed E-state index contributed by atoms with van der Waals surface area (Å²) in [6.07, 6.45) is 5.39. The van der Waals surface area contributed by atoms with E-state index in [0.717, 1.165) is 18.4 Å². The van der Waals surface area contributed by atoms with Crippen LogP contribution in [0.25, 0.3) is 0 Å². The maximum Gasteiger partial charge on any atom is 0.0391 e. The van der Waals surface area contributed by atoms with E-state index in [1.165, 1.54) is 38.8 Å². The van der Waals surface area contributed by atoms with Gasteiger partial charge in [-0.05, 0) is 75.3 Å². The summed E-state index contributed by atoms with van der Waals surface area (Å²) >= 11 is 0. The number of benzene rings is 1. The molecule has 2 unspecified atom stereocenters. The number of rotatable bonds is 6. The molecule has 0 spiro atoms. The minimum Gasteiger partial charge on any atom is -0.319 e. The first-order valence-electron chi connectivity index (χ1n) is 8.32. The molecule has 20 heavy (non-hydrogen) atoms. The lowest BCUT2D eigenvalue weighted by Crippen LogP contribution is -2.30. The normalized spacial score (nSPS) is 27.1. The fourth-order valence-electron chi connectivity index (χ4n) is 3.94. The molecule has 0 radical (unpaired) electrons. The second-order valence-corrected chi connectivity index (χ2v) is 6.49. The summed E-state index contributed by atoms with van der Waals surface area (Å²) in [5, 5.41) is 3.41. The highest BCUT2D eigenvalue weighted by atomic mass is 15.2. The Labute approximate surface area is 123 Å². The summed E-state index contributed by atoms with van der Waals surface area (Å²) in [6.45, 7) is 5.95. The number of hydrogen-bond acceptors (Lipinski definition) is 2. The third kappa shape index (κ3) is 2.77. The molecule has 1 aliphatic carbocycles. The minimum atomic E-state index is 0.638. The third-order valence-electron chi connectivity index (χ3n) is 4.94. The first-order chi connectivity index (χ1) is 9.85. The lowest BCUT2D eigenvalue weighted by Gasteiger charge is -2.30. The van der Waals surface area contributed by atoms with Crippen molar-refractivity contribution in [2.45, 2.75) is 44.6 Å². The van der Waals surface area contributed by atoms with Crippen LogP contribution in [0.4, 0.5) is 0 Å². The van der Waals surface area contributed by atoms with E-state index in [-0.39, 0.29) is 0 Å². The monoisotopic (exact) mass is 272 g/mol. The lowest BCUT2D eigenvalue weighted by molar-refractivity contribution is 0.226. The molecule has 1 saturated carbocycles. The molecule has 2 nitrogen and oxygen atoms in total. The van der Waals surface area contributed by atoms with Gasteiger partial charge in [-0.2, -0.15) is 0 Å². The predicted octanol–water partition coefficient (Wildman–Crippen LogP) is 3.56. The smallest absolute Gasteiger partial charge is 0.0391 e. The topological polar surface area (TPSA) is 15.3 Å². The molecule has 0 amide bonds. The molecule has 2 atom stereocenters. The van der Waals surface area contributed by atoms with Gasteiger partial charge in [0, 0.05) is 6.04 Å². The standard InChI is InChI=1S/C18H28N2/c1-3-11-20-12-10-15(13-19-2)18(20)17-7-5-4-6-16(17)14-8-9-14/h4-7,14-15,18-19H,3,8-13H2,1-2H3. The second kappa shape index (κ2) is 6.28. The van der Waals surface area contributed by atoms with E-state index < -0.39 is 0 Å². The van der Waals surface area contributed by atoms with Gasteiger partial charge in [-0.15, -0.1) is 0 Å². The van der Waals surface area contributed by atoms with E-state index >= 15 is 0 Å². The van der Waals surface area contributed by atoms with Crippen LogP contribution < -0.4 is 5.32 Å². The van der Waals surface area contributed by atoms with Crippen LogP contribution in [0.2, 0.25) is 0 Å². The second-order valence-electron chi connectivity index (χ2n) is 6.49. The van der Waals surface area contributed by atoms with Gasteiger partial charge in [0.1, 0.15) is 0 Å². The molecular formula is C18H28N2. The highest BCUT2D eigenvalue weighted by Crippen LogP contribution is 2.46. The molecule has 1 aromatic rings. The fourth-order valence-corrected chi connectivity index (χ4v) is 3.94. The number of nitrogens with one attached hydrogen (secondary N) is 1. The van der Waals surface area contributed by atoms with Crippen molar-refractivity contribution < 1.29 is 0 Å². The zero-order valence-electron chi connectivity index (χ0n) is 12.9. The van der Waals surface area contributed by atoms with E-state index in [2.05, 4.69) is 48.5 Å². The van der Waals surface area contributed by atoms with Crippen LogP contribution in [-0.4, -0.2) is 31.6 Å². The van der Waals surface area contributed by atoms with Crippen LogP contribution in [0.5, 0.6) is 0 Å². The Morgan fingerprint density at radius 2 is 1.90 bits per heavy atom. The van der Waals surface area contributed by atoms with Crippen molar-refractivity contribution in [1.82, 2.24) is 10.2 Å². The highest BCUT2D eigenvalue weighted by Gasteiger charge is 2.37. The summed E-state index contributed by atoms with van der Waals surface area (Å²) in [4.78, 5) is 2.73. The van der Waals surface area contributed by atoms with Crippen LogP contribution in [0, 0.1) is 5.92 Å². The maximum absolute atomic E-state index is 3.41. The minimum absolute atomic E-state index is 0.638. The van der Waals surface area contributed by atoms with Crippen molar-refractivity contribution in [3.8, 4) is 0 Å². The summed E-state index contributed by atoms with van der Waals surface area (Å²) in [7, 11) is 2.09. The molecule has 2 aliphatic rings. The molecule has 0 aromatic heterocycles. The Morgan fingerprint density at radius 3 is 2.55 bits per heavy atom. The van der Waals surface area contributed by atoms with Gasteiger partial charge in [0.05, 0.1) is 0 Å². The van der Waals surface area contributed by atoms with Crippen LogP contribution in [0.1, 0.15) is 55.7 Å². The molecule has 1 heterocycles. The molecule has 2 heteroatoms. The average Bonchev–Trinajstić information content (AvgIpc) is 3.24. The maximum atomic E-state index is 3.41. The van der Waals surface area contributed by atoms with Crippen LogP contribution in [0.15, 0.2) is 24.3 Å². The Bertz CT molecular complexity index is 425. The molecule has 1 aromatic carbocycles. The van der Waals surface area contributed by atoms with Crippen molar-refractivity contribution >= 4 is 0 Å². The van der Waals surface area contributed by atoms with E-state index in [0.29, 0.717) is 6.04 Å². The number of hydrogen-bond donors (Lipinski definition) is 1. The highest BCUT2D eigenvalue weighted by molar-refractivity contribution is 5.36. The molecule has 1 N–H and O–H groups in total. The van der Waals surface area contributed by atoms with Gasteiger partial charge in [0.25, 0.3) is 0 Å². The van der Waals surface area contributed by atoms with Crippen molar-refractivity contribution in [3.63, 3.8) is 0 Å². The van der Waals surface area contributed by atoms with Gasteiger partial charge in [-0.25, -0.2) is 0 Å². The molecular weight excluding hydrogens is 244 g/mol. The zero-order valence-corrected chi connectivity index (χ0v) is 12.9. The first-order valence-corrected chi connectivity index (χ1v) is 8.32. The van der Waals surface area contributed by atoms with Gasteiger partial charge < -0.3 is 5.32 Å². The van der Waals surface area contributed by atoms with Gasteiger partial charge in [0.2, 0.25) is 0 Å². The lowest BCUT2D eigenvalue weighted by atomic mass is 9.89. The molecule has 3 rings (SSSR count). The van der Waals surface area contributed by atoms with E-state index in [9.17, 15) is 0 Å². The van der Waals surface area contributed by atoms with Crippen molar-refractivity contribution in [2.75, 3.05) is 26.7 Å². The number of likely N-dealkylation sites (tertiary alicyclic amines) is 1.